The van der Waals surface area contributed by atoms with Crippen LogP contribution in [0.5, 0.6) is 0 Å². The summed E-state index contributed by atoms with van der Waals surface area (Å²) < 4.78 is 0. The fraction of sp³-hybridized carbons (Fsp3) is 0.875. The zero-order chi connectivity index (χ0) is 15.4. The van der Waals surface area contributed by atoms with Gasteiger partial charge in [-0.25, -0.2) is 4.79 Å². The maximum atomic E-state index is 12.1. The molecule has 0 spiro atoms. The average Bonchev–Trinajstić information content (AvgIpc) is 3.04. The van der Waals surface area contributed by atoms with E-state index in [0.29, 0.717) is 18.9 Å². The largest absolute Gasteiger partial charge is 0.481 e. The van der Waals surface area contributed by atoms with Gasteiger partial charge >= 0.3 is 12.0 Å². The minimum Gasteiger partial charge on any atom is -0.481 e. The molecule has 120 valence electrons. The molecule has 2 bridgehead atoms. The molecule has 4 atom stereocenters. The van der Waals surface area contributed by atoms with Crippen molar-refractivity contribution in [3.8, 4) is 0 Å². The highest BCUT2D eigenvalue weighted by atomic mass is 16.4. The summed E-state index contributed by atoms with van der Waals surface area (Å²) in [5.41, 5.74) is 0. The number of carbonyl (C=O) groups is 2. The molecule has 2 N–H and O–H groups in total. The van der Waals surface area contributed by atoms with Crippen molar-refractivity contribution in [3.05, 3.63) is 0 Å². The normalized spacial score (nSPS) is 28.4. The van der Waals surface area contributed by atoms with E-state index in [1.165, 1.54) is 25.7 Å². The molecular formula is C16H28N2O3. The number of carbonyl (C=O) groups excluding carboxylic acids is 1. The summed E-state index contributed by atoms with van der Waals surface area (Å²) in [6, 6.07) is -0.0278. The van der Waals surface area contributed by atoms with Crippen LogP contribution in [0, 0.1) is 23.7 Å². The molecule has 0 aromatic heterocycles. The third-order valence-corrected chi connectivity index (χ3v) is 5.19. The van der Waals surface area contributed by atoms with Crippen molar-refractivity contribution in [3.63, 3.8) is 0 Å². The monoisotopic (exact) mass is 296 g/mol. The Morgan fingerprint density at radius 1 is 1.33 bits per heavy atom. The highest BCUT2D eigenvalue weighted by Gasteiger charge is 2.40. The molecule has 0 aliphatic heterocycles. The number of carboxylic acids is 1. The third-order valence-electron chi connectivity index (χ3n) is 5.19. The fourth-order valence-corrected chi connectivity index (χ4v) is 3.90. The fourth-order valence-electron chi connectivity index (χ4n) is 3.90. The second kappa shape index (κ2) is 7.14. The van der Waals surface area contributed by atoms with Crippen molar-refractivity contribution >= 4 is 12.0 Å². The van der Waals surface area contributed by atoms with Crippen LogP contribution in [-0.2, 0) is 4.79 Å². The molecule has 0 aromatic rings. The second-order valence-electron chi connectivity index (χ2n) is 7.04. The maximum absolute atomic E-state index is 12.1. The minimum atomic E-state index is -0.776. The molecule has 0 radical (unpaired) electrons. The number of fused-ring (bicyclic) bond motifs is 2. The number of hydrogen-bond donors (Lipinski definition) is 2. The molecule has 2 saturated carbocycles. The lowest BCUT2D eigenvalue weighted by molar-refractivity contribution is -0.137. The van der Waals surface area contributed by atoms with Crippen LogP contribution in [0.15, 0.2) is 0 Å². The molecule has 2 rings (SSSR count). The van der Waals surface area contributed by atoms with Crippen molar-refractivity contribution in [2.24, 2.45) is 23.7 Å². The first-order chi connectivity index (χ1) is 9.95. The third kappa shape index (κ3) is 4.61. The van der Waals surface area contributed by atoms with Crippen molar-refractivity contribution in [1.29, 1.82) is 0 Å². The van der Waals surface area contributed by atoms with Gasteiger partial charge in [0.1, 0.15) is 0 Å². The van der Waals surface area contributed by atoms with Crippen molar-refractivity contribution < 1.29 is 14.7 Å². The molecule has 2 amide bonds. The molecule has 0 aromatic carbocycles. The number of amides is 2. The summed E-state index contributed by atoms with van der Waals surface area (Å²) >= 11 is 0. The number of urea groups is 1. The Balaban J connectivity index is 1.64. The van der Waals surface area contributed by atoms with Gasteiger partial charge in [0.2, 0.25) is 0 Å². The number of carboxylic acid groups (broad SMARTS) is 1. The van der Waals surface area contributed by atoms with Gasteiger partial charge in [0, 0.05) is 26.6 Å². The highest BCUT2D eigenvalue weighted by Crippen LogP contribution is 2.48. The highest BCUT2D eigenvalue weighted by molar-refractivity contribution is 5.73. The van der Waals surface area contributed by atoms with Crippen LogP contribution >= 0.6 is 0 Å². The molecule has 0 saturated heterocycles. The Morgan fingerprint density at radius 3 is 2.67 bits per heavy atom. The molecule has 21 heavy (non-hydrogen) atoms. The molecular weight excluding hydrogens is 268 g/mol. The topological polar surface area (TPSA) is 69.6 Å². The van der Waals surface area contributed by atoms with Crippen LogP contribution in [0.4, 0.5) is 4.79 Å². The van der Waals surface area contributed by atoms with E-state index in [2.05, 4.69) is 5.32 Å². The van der Waals surface area contributed by atoms with Crippen LogP contribution in [-0.4, -0.2) is 42.1 Å². The minimum absolute atomic E-state index is 0.0278. The van der Waals surface area contributed by atoms with Crippen LogP contribution in [0.1, 0.15) is 45.4 Å². The molecule has 5 nitrogen and oxygen atoms in total. The number of aliphatic carboxylic acids is 1. The van der Waals surface area contributed by atoms with Gasteiger partial charge in [0.15, 0.2) is 0 Å². The number of nitrogens with one attached hydrogen (secondary N) is 1. The van der Waals surface area contributed by atoms with E-state index in [1.54, 1.807) is 4.90 Å². The van der Waals surface area contributed by atoms with Crippen LogP contribution < -0.4 is 5.32 Å². The molecule has 4 unspecified atom stereocenters. The van der Waals surface area contributed by atoms with E-state index >= 15 is 0 Å². The Hall–Kier alpha value is -1.26. The first kappa shape index (κ1) is 16.1. The van der Waals surface area contributed by atoms with E-state index < -0.39 is 5.97 Å². The SMILES string of the molecule is CC(CCC(=O)O)CNC(=O)N(C)CC1CC2CCC1C2. The summed E-state index contributed by atoms with van der Waals surface area (Å²) in [5.74, 6) is 1.85. The molecule has 5 heteroatoms. The lowest BCUT2D eigenvalue weighted by atomic mass is 9.88. The van der Waals surface area contributed by atoms with Crippen molar-refractivity contribution in [2.75, 3.05) is 20.1 Å². The first-order valence-corrected chi connectivity index (χ1v) is 8.16. The molecule has 0 heterocycles. The van der Waals surface area contributed by atoms with Crippen LogP contribution in [0.2, 0.25) is 0 Å². The molecule has 2 fully saturated rings. The zero-order valence-electron chi connectivity index (χ0n) is 13.2. The standard InChI is InChI=1S/C16H28N2O3/c1-11(3-6-15(19)20)9-17-16(21)18(2)10-14-8-12-4-5-13(14)7-12/h11-14H,3-10H2,1-2H3,(H,17,21)(H,19,20). The quantitative estimate of drug-likeness (QED) is 0.758. The smallest absolute Gasteiger partial charge is 0.317 e. The van der Waals surface area contributed by atoms with Gasteiger partial charge in [-0.2, -0.15) is 0 Å². The van der Waals surface area contributed by atoms with E-state index in [9.17, 15) is 9.59 Å². The van der Waals surface area contributed by atoms with Gasteiger partial charge in [-0.15, -0.1) is 0 Å². The summed E-state index contributed by atoms with van der Waals surface area (Å²) in [6.07, 6.45) is 6.16. The summed E-state index contributed by atoms with van der Waals surface area (Å²) in [6.45, 7) is 3.38. The van der Waals surface area contributed by atoms with Crippen molar-refractivity contribution in [2.45, 2.75) is 45.4 Å². The van der Waals surface area contributed by atoms with Crippen LogP contribution in [0.3, 0.4) is 0 Å². The lowest BCUT2D eigenvalue weighted by Gasteiger charge is -2.27. The maximum Gasteiger partial charge on any atom is 0.317 e. The predicted octanol–water partition coefficient (Wildman–Crippen LogP) is 2.56. The molecule has 2 aliphatic rings. The van der Waals surface area contributed by atoms with Crippen LogP contribution in [0.25, 0.3) is 0 Å². The first-order valence-electron chi connectivity index (χ1n) is 8.16. The Bertz CT molecular complexity index is 386. The Labute approximate surface area is 127 Å². The van der Waals surface area contributed by atoms with Gasteiger partial charge < -0.3 is 15.3 Å². The second-order valence-corrected chi connectivity index (χ2v) is 7.04. The lowest BCUT2D eigenvalue weighted by Crippen LogP contribution is -2.42. The van der Waals surface area contributed by atoms with E-state index in [4.69, 9.17) is 5.11 Å². The van der Waals surface area contributed by atoms with Gasteiger partial charge in [0.25, 0.3) is 0 Å². The van der Waals surface area contributed by atoms with E-state index in [0.717, 1.165) is 18.4 Å². The average molecular weight is 296 g/mol. The number of rotatable bonds is 7. The van der Waals surface area contributed by atoms with Gasteiger partial charge in [-0.1, -0.05) is 13.3 Å². The Morgan fingerprint density at radius 2 is 2.10 bits per heavy atom. The Kier molecular flexibility index (Phi) is 5.48. The van der Waals surface area contributed by atoms with E-state index in [-0.39, 0.29) is 18.4 Å². The van der Waals surface area contributed by atoms with E-state index in [1.807, 2.05) is 14.0 Å². The van der Waals surface area contributed by atoms with Gasteiger partial charge in [-0.05, 0) is 49.4 Å². The molecule has 2 aliphatic carbocycles. The predicted molar refractivity (Wildman–Crippen MR) is 81.0 cm³/mol. The zero-order valence-corrected chi connectivity index (χ0v) is 13.2. The summed E-state index contributed by atoms with van der Waals surface area (Å²) in [7, 11) is 1.86. The van der Waals surface area contributed by atoms with Gasteiger partial charge in [0.05, 0.1) is 0 Å². The van der Waals surface area contributed by atoms with Crippen molar-refractivity contribution in [1.82, 2.24) is 10.2 Å². The number of nitrogens with zero attached hydrogens (tertiary/aromatic N) is 1. The summed E-state index contributed by atoms with van der Waals surface area (Å²) in [5, 5.41) is 11.6. The van der Waals surface area contributed by atoms with Gasteiger partial charge in [-0.3, -0.25) is 4.79 Å². The number of hydrogen-bond acceptors (Lipinski definition) is 2. The summed E-state index contributed by atoms with van der Waals surface area (Å²) in [4.78, 5) is 24.4.